The van der Waals surface area contributed by atoms with Crippen LogP contribution in [0.5, 0.6) is 0 Å². The molecule has 3 rings (SSSR count). The van der Waals surface area contributed by atoms with Crippen LogP contribution < -0.4 is 9.62 Å². The zero-order valence-corrected chi connectivity index (χ0v) is 18.6. The van der Waals surface area contributed by atoms with Crippen molar-refractivity contribution >= 4 is 54.4 Å². The monoisotopic (exact) mass is 464 g/mol. The molecule has 1 aromatic heterocycles. The van der Waals surface area contributed by atoms with Crippen molar-refractivity contribution in [2.45, 2.75) is 27.8 Å². The molecule has 1 fully saturated rings. The first-order valence-corrected chi connectivity index (χ1v) is 12.7. The Hall–Kier alpha value is -1.40. The summed E-state index contributed by atoms with van der Waals surface area (Å²) in [4.78, 5) is 5.85. The van der Waals surface area contributed by atoms with Crippen LogP contribution >= 0.6 is 22.9 Å². The minimum Gasteiger partial charge on any atom is -0.369 e. The van der Waals surface area contributed by atoms with Gasteiger partial charge in [0, 0.05) is 27.2 Å². The molecule has 1 aliphatic heterocycles. The van der Waals surface area contributed by atoms with Gasteiger partial charge < -0.3 is 4.90 Å². The summed E-state index contributed by atoms with van der Waals surface area (Å²) in [6, 6.07) is 5.03. The summed E-state index contributed by atoms with van der Waals surface area (Å²) in [6.07, 6.45) is 4.20. The molecule has 0 spiro atoms. The third-order valence-electron chi connectivity index (χ3n) is 4.33. The van der Waals surface area contributed by atoms with Crippen molar-refractivity contribution in [1.29, 1.82) is 0 Å². The first-order chi connectivity index (χ1) is 13.1. The number of hydrogen-bond donors (Lipinski definition) is 1. The van der Waals surface area contributed by atoms with Crippen LogP contribution in [0, 0.1) is 0 Å². The predicted octanol–water partition coefficient (Wildman–Crippen LogP) is 2.84. The fourth-order valence-electron chi connectivity index (χ4n) is 2.88. The number of hydrogen-bond acceptors (Lipinski definition) is 7. The van der Waals surface area contributed by atoms with E-state index in [0.717, 1.165) is 42.9 Å². The molecule has 1 aliphatic rings. The van der Waals surface area contributed by atoms with Crippen molar-refractivity contribution in [2.75, 3.05) is 36.8 Å². The van der Waals surface area contributed by atoms with Crippen LogP contribution in [0.1, 0.15) is 19.3 Å². The van der Waals surface area contributed by atoms with E-state index in [9.17, 15) is 16.8 Å². The maximum Gasteiger partial charge on any atom is 0.273 e. The van der Waals surface area contributed by atoms with E-state index >= 15 is 0 Å². The Morgan fingerprint density at radius 2 is 1.82 bits per heavy atom. The third-order valence-corrected chi connectivity index (χ3v) is 9.65. The van der Waals surface area contributed by atoms with Crippen molar-refractivity contribution in [2.24, 2.45) is 0 Å². The number of halogens is 1. The molecule has 0 saturated carbocycles. The topological polar surface area (TPSA) is 99.7 Å². The Bertz CT molecular complexity index is 1060. The largest absolute Gasteiger partial charge is 0.369 e. The average Bonchev–Trinajstić information content (AvgIpc) is 3.14. The zero-order valence-electron chi connectivity index (χ0n) is 15.4. The van der Waals surface area contributed by atoms with Crippen molar-refractivity contribution < 1.29 is 16.8 Å². The number of benzene rings is 1. The fourth-order valence-corrected chi connectivity index (χ4v) is 6.89. The lowest BCUT2D eigenvalue weighted by Gasteiger charge is -2.31. The molecule has 1 saturated heterocycles. The maximum atomic E-state index is 12.8. The molecule has 0 unspecified atom stereocenters. The molecule has 1 aromatic carbocycles. The van der Waals surface area contributed by atoms with Crippen molar-refractivity contribution in [1.82, 2.24) is 9.29 Å². The number of rotatable bonds is 6. The van der Waals surface area contributed by atoms with E-state index in [-0.39, 0.29) is 8.55 Å². The molecule has 1 N–H and O–H groups in total. The molecule has 12 heteroatoms. The number of sulfonamides is 2. The van der Waals surface area contributed by atoms with Crippen molar-refractivity contribution in [3.8, 4) is 0 Å². The summed E-state index contributed by atoms with van der Waals surface area (Å²) in [5.74, 6) is 0. The highest BCUT2D eigenvalue weighted by atomic mass is 35.5. The van der Waals surface area contributed by atoms with Crippen LogP contribution in [0.15, 0.2) is 32.9 Å². The van der Waals surface area contributed by atoms with Crippen molar-refractivity contribution in [3.63, 3.8) is 0 Å². The number of thiazole rings is 1. The molecule has 0 bridgehead atoms. The summed E-state index contributed by atoms with van der Waals surface area (Å²) >= 11 is 6.97. The average molecular weight is 465 g/mol. The van der Waals surface area contributed by atoms with Crippen LogP contribution in [-0.4, -0.2) is 53.3 Å². The van der Waals surface area contributed by atoms with Gasteiger partial charge >= 0.3 is 0 Å². The maximum absolute atomic E-state index is 12.8. The Morgan fingerprint density at radius 3 is 2.46 bits per heavy atom. The van der Waals surface area contributed by atoms with Crippen molar-refractivity contribution in [3.05, 3.63) is 29.4 Å². The lowest BCUT2D eigenvalue weighted by atomic mass is 10.1. The van der Waals surface area contributed by atoms with Crippen LogP contribution in [0.4, 0.5) is 11.4 Å². The van der Waals surface area contributed by atoms with Gasteiger partial charge in [0.05, 0.1) is 22.6 Å². The summed E-state index contributed by atoms with van der Waals surface area (Å²) in [5.41, 5.74) is 0.998. The van der Waals surface area contributed by atoms with Crippen LogP contribution in [0.2, 0.25) is 5.02 Å². The SMILES string of the molecule is CN(C)S(=O)(=O)c1ncc(S(=O)(=O)Nc2cccc(Cl)c2N2CCCCC2)s1. The third kappa shape index (κ3) is 4.28. The van der Waals surface area contributed by atoms with E-state index in [2.05, 4.69) is 14.6 Å². The lowest BCUT2D eigenvalue weighted by Crippen LogP contribution is -2.30. The zero-order chi connectivity index (χ0) is 20.5. The molecule has 8 nitrogen and oxygen atoms in total. The summed E-state index contributed by atoms with van der Waals surface area (Å²) in [7, 11) is -5.10. The molecular weight excluding hydrogens is 444 g/mol. The highest BCUT2D eigenvalue weighted by molar-refractivity contribution is 7.96. The van der Waals surface area contributed by atoms with Gasteiger partial charge in [-0.05, 0) is 31.4 Å². The summed E-state index contributed by atoms with van der Waals surface area (Å²) in [6.45, 7) is 1.59. The number of piperidine rings is 1. The molecule has 2 aromatic rings. The summed E-state index contributed by atoms with van der Waals surface area (Å²) < 4.78 is 53.1. The van der Waals surface area contributed by atoms with Gasteiger partial charge in [0.15, 0.2) is 4.21 Å². The Labute approximate surface area is 174 Å². The second-order valence-corrected chi connectivity index (χ2v) is 12.2. The lowest BCUT2D eigenvalue weighted by molar-refractivity contribution is 0.520. The quantitative estimate of drug-likeness (QED) is 0.705. The predicted molar refractivity (Wildman–Crippen MR) is 111 cm³/mol. The normalized spacial score (nSPS) is 15.8. The standard InChI is InChI=1S/C16H21ClN4O4S3/c1-20(2)28(24,25)16-18-11-14(26-16)27(22,23)19-13-8-6-7-12(17)15(13)21-9-4-3-5-10-21/h6-8,11,19H,3-5,9-10H2,1-2H3. The number of nitrogens with zero attached hydrogens (tertiary/aromatic N) is 3. The van der Waals surface area contributed by atoms with E-state index in [1.54, 1.807) is 18.2 Å². The minimum absolute atomic E-state index is 0.183. The Morgan fingerprint density at radius 1 is 1.14 bits per heavy atom. The van der Waals surface area contributed by atoms with Crippen LogP contribution in [0.3, 0.4) is 0 Å². The molecule has 0 aliphatic carbocycles. The molecule has 154 valence electrons. The van der Waals surface area contributed by atoms with E-state index in [4.69, 9.17) is 11.6 Å². The smallest absolute Gasteiger partial charge is 0.273 e. The Balaban J connectivity index is 1.94. The van der Waals surface area contributed by atoms with Gasteiger partial charge in [-0.2, -0.15) is 0 Å². The number of nitrogens with one attached hydrogen (secondary N) is 1. The van der Waals surface area contributed by atoms with Gasteiger partial charge in [-0.25, -0.2) is 26.1 Å². The van der Waals surface area contributed by atoms with E-state index in [1.165, 1.54) is 14.1 Å². The van der Waals surface area contributed by atoms with E-state index < -0.39 is 20.0 Å². The van der Waals surface area contributed by atoms with Crippen LogP contribution in [-0.2, 0) is 20.0 Å². The number of para-hydroxylation sites is 1. The van der Waals surface area contributed by atoms with Crippen LogP contribution in [0.25, 0.3) is 0 Å². The molecular formula is C16H21ClN4O4S3. The highest BCUT2D eigenvalue weighted by Gasteiger charge is 2.27. The number of anilines is 2. The molecule has 2 heterocycles. The van der Waals surface area contributed by atoms with E-state index in [1.807, 2.05) is 0 Å². The van der Waals surface area contributed by atoms with Gasteiger partial charge in [-0.15, -0.1) is 0 Å². The second kappa shape index (κ2) is 8.15. The van der Waals surface area contributed by atoms with Gasteiger partial charge in [0.25, 0.3) is 20.0 Å². The Kier molecular flexibility index (Phi) is 6.20. The first kappa shape index (κ1) is 21.3. The van der Waals surface area contributed by atoms with Gasteiger partial charge in [-0.1, -0.05) is 29.0 Å². The van der Waals surface area contributed by atoms with Gasteiger partial charge in [-0.3, -0.25) is 4.72 Å². The van der Waals surface area contributed by atoms with Gasteiger partial charge in [0.1, 0.15) is 0 Å². The number of aromatic nitrogens is 1. The van der Waals surface area contributed by atoms with E-state index in [0.29, 0.717) is 27.7 Å². The van der Waals surface area contributed by atoms with Gasteiger partial charge in [0.2, 0.25) is 4.34 Å². The second-order valence-electron chi connectivity index (χ2n) is 6.52. The molecule has 28 heavy (non-hydrogen) atoms. The first-order valence-electron chi connectivity index (χ1n) is 8.57. The molecule has 0 amide bonds. The molecule has 0 radical (unpaired) electrons. The molecule has 0 atom stereocenters. The summed E-state index contributed by atoms with van der Waals surface area (Å²) in [5, 5.41) is 0.460. The fraction of sp³-hybridized carbons (Fsp3) is 0.438. The minimum atomic E-state index is -4.02. The highest BCUT2D eigenvalue weighted by Crippen LogP contribution is 2.37.